The number of carbonyl (C=O) groups is 2. The van der Waals surface area contributed by atoms with E-state index in [1.54, 1.807) is 24.4 Å². The maximum atomic E-state index is 12.8. The first-order valence-corrected chi connectivity index (χ1v) is 8.05. The SMILES string of the molecule is CC(=O)Nc1ccc(C)c(NC(=O)c2cncc3cccc(Cl)c23)c1. The van der Waals surface area contributed by atoms with Crippen LogP contribution in [0.15, 0.2) is 48.8 Å². The van der Waals surface area contributed by atoms with Gasteiger partial charge < -0.3 is 10.6 Å². The summed E-state index contributed by atoms with van der Waals surface area (Å²) in [7, 11) is 0. The first-order valence-electron chi connectivity index (χ1n) is 7.67. The van der Waals surface area contributed by atoms with E-state index >= 15 is 0 Å². The van der Waals surface area contributed by atoms with Gasteiger partial charge in [-0.25, -0.2) is 0 Å². The largest absolute Gasteiger partial charge is 0.326 e. The van der Waals surface area contributed by atoms with Gasteiger partial charge in [0.1, 0.15) is 0 Å². The van der Waals surface area contributed by atoms with Crippen LogP contribution in [-0.4, -0.2) is 16.8 Å². The Balaban J connectivity index is 1.97. The number of amides is 2. The fourth-order valence-corrected chi connectivity index (χ4v) is 2.87. The Labute approximate surface area is 150 Å². The molecule has 0 saturated carbocycles. The molecule has 1 aromatic heterocycles. The summed E-state index contributed by atoms with van der Waals surface area (Å²) in [4.78, 5) is 28.1. The van der Waals surface area contributed by atoms with Crippen molar-refractivity contribution < 1.29 is 9.59 Å². The first kappa shape index (κ1) is 16.9. The second-order valence-corrected chi connectivity index (χ2v) is 6.10. The van der Waals surface area contributed by atoms with Gasteiger partial charge >= 0.3 is 0 Å². The standard InChI is InChI=1S/C19H16ClN3O2/c1-11-6-7-14(22-12(2)24)8-17(11)23-19(25)15-10-21-9-13-4-3-5-16(20)18(13)15/h3-10H,1-2H3,(H,22,24)(H,23,25). The van der Waals surface area contributed by atoms with E-state index in [4.69, 9.17) is 11.6 Å². The maximum Gasteiger partial charge on any atom is 0.257 e. The Morgan fingerprint density at radius 3 is 2.64 bits per heavy atom. The average Bonchev–Trinajstić information content (AvgIpc) is 2.57. The molecule has 0 aliphatic heterocycles. The van der Waals surface area contributed by atoms with Gasteiger partial charge in [-0.1, -0.05) is 29.8 Å². The second-order valence-electron chi connectivity index (χ2n) is 5.69. The number of hydrogen-bond donors (Lipinski definition) is 2. The Morgan fingerprint density at radius 2 is 1.88 bits per heavy atom. The summed E-state index contributed by atoms with van der Waals surface area (Å²) in [5.41, 5.74) is 2.50. The molecule has 0 bridgehead atoms. The van der Waals surface area contributed by atoms with Crippen LogP contribution in [-0.2, 0) is 4.79 Å². The second kappa shape index (κ2) is 6.91. The summed E-state index contributed by atoms with van der Waals surface area (Å²) in [5, 5.41) is 7.52. The molecule has 2 amide bonds. The van der Waals surface area contributed by atoms with Gasteiger partial charge in [-0.15, -0.1) is 0 Å². The smallest absolute Gasteiger partial charge is 0.257 e. The fraction of sp³-hybridized carbons (Fsp3) is 0.105. The van der Waals surface area contributed by atoms with Crippen LogP contribution in [0.25, 0.3) is 10.8 Å². The molecule has 0 unspecified atom stereocenters. The van der Waals surface area contributed by atoms with E-state index in [2.05, 4.69) is 15.6 Å². The van der Waals surface area contributed by atoms with Gasteiger partial charge in [0.15, 0.2) is 0 Å². The van der Waals surface area contributed by atoms with Crippen molar-refractivity contribution in [3.63, 3.8) is 0 Å². The predicted octanol–water partition coefficient (Wildman–Crippen LogP) is 4.41. The normalized spacial score (nSPS) is 10.5. The van der Waals surface area contributed by atoms with Crippen LogP contribution >= 0.6 is 11.6 Å². The van der Waals surface area contributed by atoms with Crippen LogP contribution in [0.3, 0.4) is 0 Å². The number of pyridine rings is 1. The molecular formula is C19H16ClN3O2. The minimum absolute atomic E-state index is 0.175. The van der Waals surface area contributed by atoms with Crippen LogP contribution in [0.5, 0.6) is 0 Å². The lowest BCUT2D eigenvalue weighted by atomic mass is 10.1. The molecule has 0 saturated heterocycles. The predicted molar refractivity (Wildman–Crippen MR) is 100 cm³/mol. The van der Waals surface area contributed by atoms with Crippen molar-refractivity contribution >= 4 is 45.6 Å². The highest BCUT2D eigenvalue weighted by molar-refractivity contribution is 6.37. The summed E-state index contributed by atoms with van der Waals surface area (Å²) in [6.07, 6.45) is 3.16. The summed E-state index contributed by atoms with van der Waals surface area (Å²) in [6, 6.07) is 10.7. The third-order valence-electron chi connectivity index (χ3n) is 3.78. The zero-order chi connectivity index (χ0) is 18.0. The minimum Gasteiger partial charge on any atom is -0.326 e. The van der Waals surface area contributed by atoms with E-state index < -0.39 is 0 Å². The van der Waals surface area contributed by atoms with Crippen LogP contribution in [0.4, 0.5) is 11.4 Å². The molecule has 0 aliphatic rings. The molecule has 5 nitrogen and oxygen atoms in total. The zero-order valence-electron chi connectivity index (χ0n) is 13.8. The number of hydrogen-bond acceptors (Lipinski definition) is 3. The maximum absolute atomic E-state index is 12.8. The van der Waals surface area contributed by atoms with E-state index in [-0.39, 0.29) is 11.8 Å². The van der Waals surface area contributed by atoms with Gasteiger partial charge in [0.2, 0.25) is 5.91 Å². The summed E-state index contributed by atoms with van der Waals surface area (Å²) < 4.78 is 0. The number of halogens is 1. The number of benzene rings is 2. The van der Waals surface area contributed by atoms with Gasteiger partial charge in [0.25, 0.3) is 5.91 Å². The molecule has 126 valence electrons. The van der Waals surface area contributed by atoms with Crippen molar-refractivity contribution in [2.24, 2.45) is 0 Å². The van der Waals surface area contributed by atoms with E-state index in [0.717, 1.165) is 10.9 Å². The quantitative estimate of drug-likeness (QED) is 0.732. The molecule has 0 atom stereocenters. The van der Waals surface area contributed by atoms with Crippen LogP contribution < -0.4 is 10.6 Å². The van der Waals surface area contributed by atoms with Crippen molar-refractivity contribution in [1.29, 1.82) is 0 Å². The summed E-state index contributed by atoms with van der Waals surface area (Å²) in [5.74, 6) is -0.486. The molecule has 0 fully saturated rings. The molecule has 3 rings (SSSR count). The van der Waals surface area contributed by atoms with Crippen molar-refractivity contribution in [3.8, 4) is 0 Å². The molecule has 25 heavy (non-hydrogen) atoms. The number of carbonyl (C=O) groups excluding carboxylic acids is 2. The highest BCUT2D eigenvalue weighted by Gasteiger charge is 2.14. The number of anilines is 2. The number of nitrogens with one attached hydrogen (secondary N) is 2. The number of aryl methyl sites for hydroxylation is 1. The molecule has 0 spiro atoms. The van der Waals surface area contributed by atoms with Crippen LogP contribution in [0.2, 0.25) is 5.02 Å². The van der Waals surface area contributed by atoms with Crippen LogP contribution in [0.1, 0.15) is 22.8 Å². The molecule has 3 aromatic rings. The lowest BCUT2D eigenvalue weighted by Crippen LogP contribution is -2.14. The fourth-order valence-electron chi connectivity index (χ4n) is 2.59. The number of aromatic nitrogens is 1. The highest BCUT2D eigenvalue weighted by atomic mass is 35.5. The molecule has 0 radical (unpaired) electrons. The number of rotatable bonds is 3. The minimum atomic E-state index is -0.311. The van der Waals surface area contributed by atoms with Gasteiger partial charge in [0.05, 0.1) is 5.56 Å². The third kappa shape index (κ3) is 3.61. The lowest BCUT2D eigenvalue weighted by Gasteiger charge is -2.12. The number of fused-ring (bicyclic) bond motifs is 1. The van der Waals surface area contributed by atoms with E-state index in [0.29, 0.717) is 27.3 Å². The summed E-state index contributed by atoms with van der Waals surface area (Å²) >= 11 is 6.27. The molecule has 2 N–H and O–H groups in total. The van der Waals surface area contributed by atoms with Crippen molar-refractivity contribution in [1.82, 2.24) is 4.98 Å². The Kier molecular flexibility index (Phi) is 4.67. The van der Waals surface area contributed by atoms with Gasteiger partial charge in [-0.05, 0) is 30.7 Å². The average molecular weight is 354 g/mol. The van der Waals surface area contributed by atoms with Gasteiger partial charge in [-0.2, -0.15) is 0 Å². The monoisotopic (exact) mass is 353 g/mol. The molecule has 0 aliphatic carbocycles. The van der Waals surface area contributed by atoms with Crippen molar-refractivity contribution in [2.75, 3.05) is 10.6 Å². The Morgan fingerprint density at radius 1 is 1.08 bits per heavy atom. The third-order valence-corrected chi connectivity index (χ3v) is 4.10. The van der Waals surface area contributed by atoms with Crippen molar-refractivity contribution in [2.45, 2.75) is 13.8 Å². The van der Waals surface area contributed by atoms with Crippen LogP contribution in [0, 0.1) is 6.92 Å². The molecule has 1 heterocycles. The zero-order valence-corrected chi connectivity index (χ0v) is 14.5. The first-order chi connectivity index (χ1) is 12.0. The lowest BCUT2D eigenvalue weighted by molar-refractivity contribution is -0.114. The summed E-state index contributed by atoms with van der Waals surface area (Å²) in [6.45, 7) is 3.31. The van der Waals surface area contributed by atoms with Gasteiger partial charge in [-0.3, -0.25) is 14.6 Å². The molecule has 2 aromatic carbocycles. The van der Waals surface area contributed by atoms with E-state index in [9.17, 15) is 9.59 Å². The molecule has 6 heteroatoms. The van der Waals surface area contributed by atoms with Crippen molar-refractivity contribution in [3.05, 3.63) is 64.9 Å². The Hall–Kier alpha value is -2.92. The number of nitrogens with zero attached hydrogens (tertiary/aromatic N) is 1. The Bertz CT molecular complexity index is 980. The van der Waals surface area contributed by atoms with Gasteiger partial charge in [0, 0.05) is 46.5 Å². The van der Waals surface area contributed by atoms with E-state index in [1.165, 1.54) is 13.1 Å². The van der Waals surface area contributed by atoms with E-state index in [1.807, 2.05) is 25.1 Å². The topological polar surface area (TPSA) is 71.1 Å². The molecular weight excluding hydrogens is 338 g/mol. The highest BCUT2D eigenvalue weighted by Crippen LogP contribution is 2.27.